The highest BCUT2D eigenvalue weighted by atomic mass is 19.1. The van der Waals surface area contributed by atoms with E-state index in [2.05, 4.69) is 16.5 Å². The number of carbonyl (C=O) groups excluding carboxylic acids is 2. The first-order chi connectivity index (χ1) is 14.8. The fourth-order valence-electron chi connectivity index (χ4n) is 3.49. The van der Waals surface area contributed by atoms with Crippen molar-refractivity contribution in [2.75, 3.05) is 20.1 Å². The van der Waals surface area contributed by atoms with Gasteiger partial charge in [-0.1, -0.05) is 31.2 Å². The maximum atomic E-state index is 13.5. The zero-order valence-electron chi connectivity index (χ0n) is 18.5. The molecule has 0 bridgehead atoms. The van der Waals surface area contributed by atoms with Crippen molar-refractivity contribution >= 4 is 17.6 Å². The molecule has 1 atom stereocenters. The molecule has 2 aromatic carbocycles. The Hall–Kier alpha value is -3.22. The van der Waals surface area contributed by atoms with Gasteiger partial charge in [0.2, 0.25) is 0 Å². The molecule has 0 spiro atoms. The average Bonchev–Trinajstić information content (AvgIpc) is 3.20. The van der Waals surface area contributed by atoms with Crippen LogP contribution in [0.3, 0.4) is 0 Å². The van der Waals surface area contributed by atoms with E-state index in [0.29, 0.717) is 13.0 Å². The molecule has 31 heavy (non-hydrogen) atoms. The molecule has 1 N–H and O–H groups in total. The first kappa shape index (κ1) is 22.5. The van der Waals surface area contributed by atoms with Gasteiger partial charge in [0.05, 0.1) is 11.8 Å². The number of carbonyl (C=O) groups is 2. The highest BCUT2D eigenvalue weighted by Gasteiger charge is 2.34. The van der Waals surface area contributed by atoms with Crippen LogP contribution in [0.4, 0.5) is 9.18 Å². The number of hydrogen-bond acceptors (Lipinski definition) is 3. The predicted octanol–water partition coefficient (Wildman–Crippen LogP) is 4.17. The van der Waals surface area contributed by atoms with Crippen molar-refractivity contribution in [3.63, 3.8) is 0 Å². The second kappa shape index (κ2) is 9.73. The highest BCUT2D eigenvalue weighted by Crippen LogP contribution is 2.33. The number of halogens is 1. The van der Waals surface area contributed by atoms with Gasteiger partial charge in [0.15, 0.2) is 0 Å². The standard InChI is InChI=1S/C24H29FN4O2/c1-5-12-26-24(31)28(4)15-23(30)29-22(18-8-10-20(25)11-9-18)14-21(27-29)19-7-6-16(2)17(3)13-19/h6-11,13,22H,5,12,14-15H2,1-4H3,(H,26,31)/t22-/m1/s1. The SMILES string of the molecule is CCCNC(=O)N(C)CC(=O)N1N=C(c2ccc(C)c(C)c2)C[C@@H]1c1ccc(F)cc1. The normalized spacial score (nSPS) is 15.6. The maximum Gasteiger partial charge on any atom is 0.317 e. The van der Waals surface area contributed by atoms with Crippen LogP contribution in [0.25, 0.3) is 0 Å². The Morgan fingerprint density at radius 2 is 1.87 bits per heavy atom. The van der Waals surface area contributed by atoms with Gasteiger partial charge >= 0.3 is 6.03 Å². The molecule has 0 saturated carbocycles. The highest BCUT2D eigenvalue weighted by molar-refractivity contribution is 6.03. The largest absolute Gasteiger partial charge is 0.338 e. The lowest BCUT2D eigenvalue weighted by Crippen LogP contribution is -2.43. The Balaban J connectivity index is 1.86. The third-order valence-corrected chi connectivity index (χ3v) is 5.51. The molecule has 1 heterocycles. The Bertz CT molecular complexity index is 988. The Morgan fingerprint density at radius 1 is 1.16 bits per heavy atom. The second-order valence-corrected chi connectivity index (χ2v) is 7.94. The fraction of sp³-hybridized carbons (Fsp3) is 0.375. The van der Waals surface area contributed by atoms with Crippen LogP contribution in [0, 0.1) is 19.7 Å². The second-order valence-electron chi connectivity index (χ2n) is 7.94. The number of rotatable bonds is 6. The Kier molecular flexibility index (Phi) is 7.05. The predicted molar refractivity (Wildman–Crippen MR) is 119 cm³/mol. The van der Waals surface area contributed by atoms with Crippen molar-refractivity contribution in [2.24, 2.45) is 5.10 Å². The minimum atomic E-state index is -0.350. The summed E-state index contributed by atoms with van der Waals surface area (Å²) in [6.45, 7) is 6.50. The summed E-state index contributed by atoms with van der Waals surface area (Å²) >= 11 is 0. The number of aryl methyl sites for hydroxylation is 2. The molecule has 1 aliphatic heterocycles. The van der Waals surface area contributed by atoms with E-state index in [9.17, 15) is 14.0 Å². The molecular formula is C24H29FN4O2. The van der Waals surface area contributed by atoms with E-state index in [1.165, 1.54) is 27.6 Å². The van der Waals surface area contributed by atoms with Crippen molar-refractivity contribution in [1.29, 1.82) is 0 Å². The summed E-state index contributed by atoms with van der Waals surface area (Å²) in [5.74, 6) is -0.621. The van der Waals surface area contributed by atoms with Crippen LogP contribution in [0.5, 0.6) is 0 Å². The summed E-state index contributed by atoms with van der Waals surface area (Å²) in [4.78, 5) is 26.6. The summed E-state index contributed by atoms with van der Waals surface area (Å²) in [7, 11) is 1.58. The quantitative estimate of drug-likeness (QED) is 0.756. The molecule has 7 heteroatoms. The third-order valence-electron chi connectivity index (χ3n) is 5.51. The number of urea groups is 1. The van der Waals surface area contributed by atoms with Crippen LogP contribution in [0.1, 0.15) is 48.1 Å². The molecule has 164 valence electrons. The molecular weight excluding hydrogens is 395 g/mol. The van der Waals surface area contributed by atoms with Crippen LogP contribution in [0.15, 0.2) is 47.6 Å². The average molecular weight is 425 g/mol. The van der Waals surface area contributed by atoms with Crippen LogP contribution in [0.2, 0.25) is 0 Å². The van der Waals surface area contributed by atoms with Crippen molar-refractivity contribution < 1.29 is 14.0 Å². The Labute approximate surface area is 182 Å². The molecule has 0 fully saturated rings. The van der Waals surface area contributed by atoms with E-state index < -0.39 is 0 Å². The van der Waals surface area contributed by atoms with Crippen LogP contribution >= 0.6 is 0 Å². The van der Waals surface area contributed by atoms with Crippen molar-refractivity contribution in [2.45, 2.75) is 39.7 Å². The minimum Gasteiger partial charge on any atom is -0.338 e. The van der Waals surface area contributed by atoms with Gasteiger partial charge in [-0.2, -0.15) is 5.10 Å². The van der Waals surface area contributed by atoms with Gasteiger partial charge in [0.1, 0.15) is 12.4 Å². The number of likely N-dealkylation sites (N-methyl/N-ethyl adjacent to an activating group) is 1. The van der Waals surface area contributed by atoms with Crippen molar-refractivity contribution in [1.82, 2.24) is 15.2 Å². The summed E-state index contributed by atoms with van der Waals surface area (Å²) in [5.41, 5.74) is 4.89. The van der Waals surface area contributed by atoms with E-state index in [-0.39, 0.29) is 30.3 Å². The van der Waals surface area contributed by atoms with Crippen molar-refractivity contribution in [3.05, 3.63) is 70.5 Å². The molecule has 0 unspecified atom stereocenters. The Morgan fingerprint density at radius 3 is 2.52 bits per heavy atom. The number of nitrogens with one attached hydrogen (secondary N) is 1. The molecule has 0 aromatic heterocycles. The molecule has 0 radical (unpaired) electrons. The van der Waals surface area contributed by atoms with Gasteiger partial charge in [0.25, 0.3) is 5.91 Å². The van der Waals surface area contributed by atoms with E-state index in [0.717, 1.165) is 28.8 Å². The minimum absolute atomic E-state index is 0.100. The van der Waals surface area contributed by atoms with E-state index in [1.807, 2.05) is 32.9 Å². The van der Waals surface area contributed by atoms with Crippen LogP contribution in [-0.4, -0.2) is 47.7 Å². The van der Waals surface area contributed by atoms with E-state index in [4.69, 9.17) is 0 Å². The first-order valence-corrected chi connectivity index (χ1v) is 10.5. The lowest BCUT2D eigenvalue weighted by atomic mass is 9.96. The van der Waals surface area contributed by atoms with Gasteiger partial charge in [-0.15, -0.1) is 0 Å². The van der Waals surface area contributed by atoms with Gasteiger partial charge in [-0.25, -0.2) is 14.2 Å². The maximum absolute atomic E-state index is 13.5. The van der Waals surface area contributed by atoms with Gasteiger partial charge in [-0.05, 0) is 60.7 Å². The number of hydrazone groups is 1. The number of benzene rings is 2. The van der Waals surface area contributed by atoms with Gasteiger partial charge < -0.3 is 10.2 Å². The zero-order chi connectivity index (χ0) is 22.5. The molecule has 1 aliphatic rings. The fourth-order valence-corrected chi connectivity index (χ4v) is 3.49. The molecule has 3 amide bonds. The summed E-state index contributed by atoms with van der Waals surface area (Å²) in [6, 6.07) is 11.6. The summed E-state index contributed by atoms with van der Waals surface area (Å²) in [6.07, 6.45) is 1.33. The molecule has 0 aliphatic carbocycles. The molecule has 6 nitrogen and oxygen atoms in total. The smallest absolute Gasteiger partial charge is 0.317 e. The van der Waals surface area contributed by atoms with E-state index in [1.54, 1.807) is 19.2 Å². The summed E-state index contributed by atoms with van der Waals surface area (Å²) in [5, 5.41) is 8.83. The van der Waals surface area contributed by atoms with Gasteiger partial charge in [-0.3, -0.25) is 4.79 Å². The van der Waals surface area contributed by atoms with Crippen molar-refractivity contribution in [3.8, 4) is 0 Å². The topological polar surface area (TPSA) is 65.0 Å². The summed E-state index contributed by atoms with van der Waals surface area (Å²) < 4.78 is 13.5. The lowest BCUT2D eigenvalue weighted by Gasteiger charge is -2.25. The van der Waals surface area contributed by atoms with Gasteiger partial charge in [0, 0.05) is 20.0 Å². The third kappa shape index (κ3) is 5.29. The van der Waals surface area contributed by atoms with Crippen LogP contribution in [-0.2, 0) is 4.79 Å². The first-order valence-electron chi connectivity index (χ1n) is 10.5. The molecule has 2 aromatic rings. The monoisotopic (exact) mass is 424 g/mol. The number of nitrogens with zero attached hydrogens (tertiary/aromatic N) is 3. The number of amides is 3. The molecule has 0 saturated heterocycles. The lowest BCUT2D eigenvalue weighted by molar-refractivity contribution is -0.133. The zero-order valence-corrected chi connectivity index (χ0v) is 18.5. The molecule has 3 rings (SSSR count). The van der Waals surface area contributed by atoms with E-state index >= 15 is 0 Å². The number of hydrogen-bond donors (Lipinski definition) is 1. The van der Waals surface area contributed by atoms with Crippen LogP contribution < -0.4 is 5.32 Å².